The van der Waals surface area contributed by atoms with Gasteiger partial charge in [0.25, 0.3) is 0 Å². The highest BCUT2D eigenvalue weighted by atomic mass is 35.6. The van der Waals surface area contributed by atoms with Crippen molar-refractivity contribution in [3.8, 4) is 17.1 Å². The van der Waals surface area contributed by atoms with Gasteiger partial charge in [0.1, 0.15) is 5.75 Å². The summed E-state index contributed by atoms with van der Waals surface area (Å²) in [6.07, 6.45) is 0. The minimum atomic E-state index is -1.98. The molecular formula is C30H18Cl6N4O2. The Morgan fingerprint density at radius 2 is 1.02 bits per heavy atom. The molecular weight excluding hydrogens is 661 g/mol. The first-order chi connectivity index (χ1) is 20.0. The predicted molar refractivity (Wildman–Crippen MR) is 170 cm³/mol. The fourth-order valence-electron chi connectivity index (χ4n) is 3.94. The van der Waals surface area contributed by atoms with Crippen molar-refractivity contribution in [2.75, 3.05) is 4.90 Å². The van der Waals surface area contributed by atoms with Crippen LogP contribution in [0.1, 0.15) is 22.0 Å². The summed E-state index contributed by atoms with van der Waals surface area (Å²) in [5, 5.41) is 0. The number of carbonyl (C=O) groups excluding carboxylic acids is 1. The zero-order valence-corrected chi connectivity index (χ0v) is 25.8. The van der Waals surface area contributed by atoms with E-state index in [0.717, 1.165) is 17.1 Å². The van der Waals surface area contributed by atoms with Crippen LogP contribution in [0.4, 0.5) is 17.1 Å². The summed E-state index contributed by atoms with van der Waals surface area (Å²) in [6, 6.07) is 33.4. The first-order valence-electron chi connectivity index (χ1n) is 12.2. The summed E-state index contributed by atoms with van der Waals surface area (Å²) in [5.74, 6) is -0.563. The van der Waals surface area contributed by atoms with Gasteiger partial charge >= 0.3 is 5.97 Å². The lowest BCUT2D eigenvalue weighted by Crippen LogP contribution is -2.16. The normalized spacial score (nSPS) is 11.7. The summed E-state index contributed by atoms with van der Waals surface area (Å²) >= 11 is 35.8. The molecule has 42 heavy (non-hydrogen) atoms. The molecule has 0 unspecified atom stereocenters. The van der Waals surface area contributed by atoms with Crippen LogP contribution in [-0.2, 0) is 7.59 Å². The van der Waals surface area contributed by atoms with Gasteiger partial charge in [-0.3, -0.25) is 0 Å². The standard InChI is InChI=1S/C30H18Cl6N4O2/c31-29(32,33)27-37-25(38-28(39-27)30(34,35)36)19-13-17-24(18-14-19)42-26(41)20-11-15-23(16-12-20)40(21-7-3-1-4-8-21)22-9-5-2-6-10-22/h1-18H. The van der Waals surface area contributed by atoms with Crippen LogP contribution in [0.25, 0.3) is 11.4 Å². The number of ether oxygens (including phenoxy) is 1. The number of aromatic nitrogens is 3. The van der Waals surface area contributed by atoms with Crippen LogP contribution in [0, 0.1) is 0 Å². The third-order valence-electron chi connectivity index (χ3n) is 5.86. The quantitative estimate of drug-likeness (QED) is 0.101. The molecule has 0 bridgehead atoms. The number of hydrogen-bond donors (Lipinski definition) is 0. The van der Waals surface area contributed by atoms with Crippen LogP contribution >= 0.6 is 69.6 Å². The molecule has 5 aromatic rings. The Morgan fingerprint density at radius 1 is 0.571 bits per heavy atom. The average molecular weight is 679 g/mol. The first kappa shape index (κ1) is 30.4. The lowest BCUT2D eigenvalue weighted by molar-refractivity contribution is 0.0735. The number of alkyl halides is 6. The Morgan fingerprint density at radius 3 is 1.48 bits per heavy atom. The minimum absolute atomic E-state index is 0.0995. The molecule has 0 radical (unpaired) electrons. The van der Waals surface area contributed by atoms with Crippen LogP contribution in [0.15, 0.2) is 109 Å². The minimum Gasteiger partial charge on any atom is -0.423 e. The van der Waals surface area contributed by atoms with Gasteiger partial charge < -0.3 is 9.64 Å². The molecule has 212 valence electrons. The van der Waals surface area contributed by atoms with Crippen LogP contribution in [-0.4, -0.2) is 20.9 Å². The summed E-state index contributed by atoms with van der Waals surface area (Å²) in [4.78, 5) is 27.4. The fourth-order valence-corrected chi connectivity index (χ4v) is 4.45. The molecule has 0 saturated carbocycles. The highest BCUT2D eigenvalue weighted by molar-refractivity contribution is 6.67. The van der Waals surface area contributed by atoms with Crippen molar-refractivity contribution in [3.63, 3.8) is 0 Å². The van der Waals surface area contributed by atoms with E-state index in [2.05, 4.69) is 19.9 Å². The largest absolute Gasteiger partial charge is 0.423 e. The number of halogens is 6. The second-order valence-corrected chi connectivity index (χ2v) is 13.3. The summed E-state index contributed by atoms with van der Waals surface area (Å²) in [7, 11) is 0. The fraction of sp³-hybridized carbons (Fsp3) is 0.0667. The second kappa shape index (κ2) is 12.6. The molecule has 0 atom stereocenters. The topological polar surface area (TPSA) is 68.2 Å². The number of para-hydroxylation sites is 2. The van der Waals surface area contributed by atoms with Gasteiger partial charge in [0, 0.05) is 22.6 Å². The molecule has 5 rings (SSSR count). The molecule has 6 nitrogen and oxygen atoms in total. The summed E-state index contributed by atoms with van der Waals surface area (Å²) in [5.41, 5.74) is 3.71. The lowest BCUT2D eigenvalue weighted by Gasteiger charge is -2.25. The Kier molecular flexibility index (Phi) is 9.14. The maximum absolute atomic E-state index is 12.9. The van der Waals surface area contributed by atoms with E-state index in [1.165, 1.54) is 0 Å². The number of carbonyl (C=O) groups is 1. The molecule has 0 spiro atoms. The maximum atomic E-state index is 12.9. The Bertz CT molecular complexity index is 1600. The second-order valence-electron chi connectivity index (χ2n) is 8.77. The van der Waals surface area contributed by atoms with Crippen molar-refractivity contribution in [1.29, 1.82) is 0 Å². The molecule has 4 aromatic carbocycles. The molecule has 0 aliphatic rings. The number of hydrogen-bond acceptors (Lipinski definition) is 6. The van der Waals surface area contributed by atoms with Crippen molar-refractivity contribution in [3.05, 3.63) is 126 Å². The van der Waals surface area contributed by atoms with E-state index in [-0.39, 0.29) is 17.5 Å². The van der Waals surface area contributed by atoms with Crippen molar-refractivity contribution < 1.29 is 9.53 Å². The van der Waals surface area contributed by atoms with E-state index in [0.29, 0.717) is 16.9 Å². The average Bonchev–Trinajstić information content (AvgIpc) is 2.98. The number of esters is 1. The Labute approximate surface area is 271 Å². The van der Waals surface area contributed by atoms with Gasteiger partial charge in [0.05, 0.1) is 5.56 Å². The van der Waals surface area contributed by atoms with Crippen molar-refractivity contribution in [2.24, 2.45) is 0 Å². The van der Waals surface area contributed by atoms with E-state index >= 15 is 0 Å². The first-order valence-corrected chi connectivity index (χ1v) is 14.5. The van der Waals surface area contributed by atoms with Crippen molar-refractivity contribution in [2.45, 2.75) is 7.59 Å². The maximum Gasteiger partial charge on any atom is 0.343 e. The zero-order chi connectivity index (χ0) is 29.9. The zero-order valence-electron chi connectivity index (χ0n) is 21.3. The molecule has 0 amide bonds. The highest BCUT2D eigenvalue weighted by Gasteiger charge is 2.34. The van der Waals surface area contributed by atoms with Crippen molar-refractivity contribution >= 4 is 92.6 Å². The summed E-state index contributed by atoms with van der Waals surface area (Å²) < 4.78 is 1.63. The molecule has 1 aromatic heterocycles. The van der Waals surface area contributed by atoms with Gasteiger partial charge in [-0.25, -0.2) is 19.7 Å². The number of rotatable bonds is 6. The number of anilines is 3. The monoisotopic (exact) mass is 676 g/mol. The third kappa shape index (κ3) is 7.27. The number of benzene rings is 4. The Hall–Kier alpha value is -3.10. The molecule has 0 aliphatic heterocycles. The van der Waals surface area contributed by atoms with Crippen molar-refractivity contribution in [1.82, 2.24) is 15.0 Å². The number of nitrogens with zero attached hydrogens (tertiary/aromatic N) is 4. The van der Waals surface area contributed by atoms with E-state index in [1.54, 1.807) is 36.4 Å². The third-order valence-corrected chi connectivity index (χ3v) is 6.87. The SMILES string of the molecule is O=C(Oc1ccc(-c2nc(C(Cl)(Cl)Cl)nc(C(Cl)(Cl)Cl)n2)cc1)c1ccc(N(c2ccccc2)c2ccccc2)cc1. The molecule has 0 N–H and O–H groups in total. The van der Waals surface area contributed by atoms with E-state index in [9.17, 15) is 4.79 Å². The molecule has 0 saturated heterocycles. The van der Waals surface area contributed by atoms with E-state index < -0.39 is 13.6 Å². The predicted octanol–water partition coefficient (Wildman–Crippen LogP) is 9.88. The summed E-state index contributed by atoms with van der Waals surface area (Å²) in [6.45, 7) is 0. The highest BCUT2D eigenvalue weighted by Crippen LogP contribution is 2.41. The van der Waals surface area contributed by atoms with Crippen LogP contribution in [0.2, 0.25) is 0 Å². The van der Waals surface area contributed by atoms with Gasteiger partial charge in [-0.1, -0.05) is 106 Å². The smallest absolute Gasteiger partial charge is 0.343 e. The molecule has 12 heteroatoms. The van der Waals surface area contributed by atoms with Crippen LogP contribution < -0.4 is 9.64 Å². The van der Waals surface area contributed by atoms with Gasteiger partial charge in [-0.05, 0) is 72.8 Å². The molecule has 1 heterocycles. The van der Waals surface area contributed by atoms with E-state index in [4.69, 9.17) is 74.3 Å². The van der Waals surface area contributed by atoms with Crippen LogP contribution in [0.3, 0.4) is 0 Å². The van der Waals surface area contributed by atoms with Gasteiger partial charge in [0.15, 0.2) is 17.5 Å². The van der Waals surface area contributed by atoms with Gasteiger partial charge in [0.2, 0.25) is 7.59 Å². The van der Waals surface area contributed by atoms with Gasteiger partial charge in [-0.2, -0.15) is 0 Å². The van der Waals surface area contributed by atoms with Crippen LogP contribution in [0.5, 0.6) is 5.75 Å². The molecule has 0 aliphatic carbocycles. The lowest BCUT2D eigenvalue weighted by atomic mass is 10.1. The van der Waals surface area contributed by atoms with Gasteiger partial charge in [-0.15, -0.1) is 0 Å². The van der Waals surface area contributed by atoms with E-state index in [1.807, 2.05) is 72.8 Å². The molecule has 0 fully saturated rings. The Balaban J connectivity index is 1.35.